The Hall–Kier alpha value is -1.92. The van der Waals surface area contributed by atoms with Crippen LogP contribution in [0.15, 0.2) is 30.3 Å². The van der Waals surface area contributed by atoms with Crippen molar-refractivity contribution in [1.29, 1.82) is 0 Å². The maximum absolute atomic E-state index is 12.6. The minimum Gasteiger partial charge on any atom is -0.340 e. The number of piperazine rings is 2. The summed E-state index contributed by atoms with van der Waals surface area (Å²) >= 11 is 0. The molecular weight excluding hydrogens is 340 g/mol. The van der Waals surface area contributed by atoms with Crippen LogP contribution in [0.1, 0.15) is 19.4 Å². The smallest absolute Gasteiger partial charge is 0.236 e. The predicted octanol–water partition coefficient (Wildman–Crippen LogP) is 1.13. The zero-order valence-electron chi connectivity index (χ0n) is 16.6. The molecule has 6 nitrogen and oxygen atoms in total. The molecule has 2 fully saturated rings. The second-order valence-corrected chi connectivity index (χ2v) is 7.90. The molecule has 3 rings (SSSR count). The van der Waals surface area contributed by atoms with E-state index in [0.717, 1.165) is 58.9 Å². The molecule has 0 aliphatic carbocycles. The van der Waals surface area contributed by atoms with Gasteiger partial charge in [-0.3, -0.25) is 19.4 Å². The minimum atomic E-state index is 0.0466. The number of nitrogens with zero attached hydrogens (tertiary/aromatic N) is 4. The molecule has 2 saturated heterocycles. The third-order valence-electron chi connectivity index (χ3n) is 5.51. The van der Waals surface area contributed by atoms with Gasteiger partial charge in [0.15, 0.2) is 0 Å². The topological polar surface area (TPSA) is 47.1 Å². The Morgan fingerprint density at radius 1 is 0.815 bits per heavy atom. The van der Waals surface area contributed by atoms with Crippen LogP contribution >= 0.6 is 0 Å². The highest BCUT2D eigenvalue weighted by Gasteiger charge is 2.26. The summed E-state index contributed by atoms with van der Waals surface area (Å²) in [6.07, 6.45) is 0. The summed E-state index contributed by atoms with van der Waals surface area (Å²) in [6, 6.07) is 10.5. The van der Waals surface area contributed by atoms with E-state index in [0.29, 0.717) is 6.54 Å². The number of hydrogen-bond acceptors (Lipinski definition) is 4. The van der Waals surface area contributed by atoms with Gasteiger partial charge in [-0.05, 0) is 5.56 Å². The van der Waals surface area contributed by atoms with Gasteiger partial charge < -0.3 is 9.80 Å². The predicted molar refractivity (Wildman–Crippen MR) is 106 cm³/mol. The normalized spacial score (nSPS) is 19.5. The van der Waals surface area contributed by atoms with Crippen molar-refractivity contribution in [1.82, 2.24) is 19.6 Å². The van der Waals surface area contributed by atoms with Crippen molar-refractivity contribution in [3.05, 3.63) is 35.9 Å². The van der Waals surface area contributed by atoms with Gasteiger partial charge in [0.2, 0.25) is 11.8 Å². The van der Waals surface area contributed by atoms with Crippen molar-refractivity contribution < 1.29 is 9.59 Å². The highest BCUT2D eigenvalue weighted by atomic mass is 16.2. The number of hydrogen-bond donors (Lipinski definition) is 0. The zero-order chi connectivity index (χ0) is 19.2. The van der Waals surface area contributed by atoms with Gasteiger partial charge in [-0.1, -0.05) is 44.2 Å². The first kappa shape index (κ1) is 19.8. The summed E-state index contributed by atoms with van der Waals surface area (Å²) in [5, 5.41) is 0. The Labute approximate surface area is 162 Å². The Bertz CT molecular complexity index is 618. The summed E-state index contributed by atoms with van der Waals surface area (Å²) in [5.74, 6) is 0.485. The highest BCUT2D eigenvalue weighted by Crippen LogP contribution is 2.10. The van der Waals surface area contributed by atoms with Crippen LogP contribution in [0.25, 0.3) is 0 Å². The summed E-state index contributed by atoms with van der Waals surface area (Å²) in [4.78, 5) is 33.2. The molecule has 6 heteroatoms. The highest BCUT2D eigenvalue weighted by molar-refractivity contribution is 5.79. The van der Waals surface area contributed by atoms with Crippen molar-refractivity contribution >= 4 is 11.8 Å². The van der Waals surface area contributed by atoms with Gasteiger partial charge in [0.1, 0.15) is 0 Å². The van der Waals surface area contributed by atoms with Crippen LogP contribution in [0.3, 0.4) is 0 Å². The zero-order valence-corrected chi connectivity index (χ0v) is 16.6. The van der Waals surface area contributed by atoms with E-state index in [-0.39, 0.29) is 17.7 Å². The van der Waals surface area contributed by atoms with Crippen molar-refractivity contribution in [2.45, 2.75) is 20.4 Å². The average molecular weight is 373 g/mol. The second kappa shape index (κ2) is 9.33. The first-order valence-corrected chi connectivity index (χ1v) is 10.1. The maximum atomic E-state index is 12.6. The van der Waals surface area contributed by atoms with Gasteiger partial charge in [0.25, 0.3) is 0 Å². The van der Waals surface area contributed by atoms with Crippen LogP contribution in [0.4, 0.5) is 0 Å². The quantitative estimate of drug-likeness (QED) is 0.777. The van der Waals surface area contributed by atoms with Gasteiger partial charge in [-0.15, -0.1) is 0 Å². The van der Waals surface area contributed by atoms with Gasteiger partial charge in [0.05, 0.1) is 6.54 Å². The van der Waals surface area contributed by atoms with Crippen LogP contribution in [-0.4, -0.2) is 90.3 Å². The lowest BCUT2D eigenvalue weighted by molar-refractivity contribution is -0.137. The monoisotopic (exact) mass is 372 g/mol. The van der Waals surface area contributed by atoms with E-state index < -0.39 is 0 Å². The molecule has 0 N–H and O–H groups in total. The van der Waals surface area contributed by atoms with E-state index in [1.54, 1.807) is 0 Å². The molecule has 27 heavy (non-hydrogen) atoms. The molecule has 2 aliphatic heterocycles. The summed E-state index contributed by atoms with van der Waals surface area (Å²) in [5.41, 5.74) is 1.33. The summed E-state index contributed by atoms with van der Waals surface area (Å²) in [7, 11) is 0. The molecule has 2 amide bonds. The van der Waals surface area contributed by atoms with E-state index in [9.17, 15) is 9.59 Å². The second-order valence-electron chi connectivity index (χ2n) is 7.90. The molecule has 0 atom stereocenters. The Morgan fingerprint density at radius 3 is 1.96 bits per heavy atom. The number of carbonyl (C=O) groups excluding carboxylic acids is 2. The maximum Gasteiger partial charge on any atom is 0.236 e. The van der Waals surface area contributed by atoms with Crippen molar-refractivity contribution in [2.75, 3.05) is 58.9 Å². The van der Waals surface area contributed by atoms with Crippen LogP contribution in [-0.2, 0) is 16.1 Å². The largest absolute Gasteiger partial charge is 0.340 e. The molecule has 0 radical (unpaired) electrons. The Morgan fingerprint density at radius 2 is 1.37 bits per heavy atom. The lowest BCUT2D eigenvalue weighted by Gasteiger charge is -2.38. The molecule has 2 aliphatic rings. The van der Waals surface area contributed by atoms with Gasteiger partial charge >= 0.3 is 0 Å². The minimum absolute atomic E-state index is 0.0466. The number of amides is 2. The molecule has 0 aromatic heterocycles. The van der Waals surface area contributed by atoms with E-state index in [4.69, 9.17) is 0 Å². The van der Waals surface area contributed by atoms with Crippen LogP contribution in [0, 0.1) is 5.92 Å². The van der Waals surface area contributed by atoms with Crippen molar-refractivity contribution in [3.8, 4) is 0 Å². The number of carbonyl (C=O) groups is 2. The SMILES string of the molecule is CC(C)C(=O)N1CCN(CC(=O)N2CCN(Cc3ccccc3)CC2)CC1. The Balaban J connectivity index is 1.38. The molecule has 0 saturated carbocycles. The molecule has 1 aromatic rings. The fraction of sp³-hybridized carbons (Fsp3) is 0.619. The Kier molecular flexibility index (Phi) is 6.85. The van der Waals surface area contributed by atoms with Gasteiger partial charge in [0, 0.05) is 64.8 Å². The fourth-order valence-electron chi connectivity index (χ4n) is 3.78. The van der Waals surface area contributed by atoms with Crippen LogP contribution in [0.2, 0.25) is 0 Å². The fourth-order valence-corrected chi connectivity index (χ4v) is 3.78. The van der Waals surface area contributed by atoms with Gasteiger partial charge in [-0.25, -0.2) is 0 Å². The molecule has 0 bridgehead atoms. The molecule has 1 aromatic carbocycles. The molecule has 0 unspecified atom stereocenters. The molecule has 2 heterocycles. The lowest BCUT2D eigenvalue weighted by Crippen LogP contribution is -2.54. The third-order valence-corrected chi connectivity index (χ3v) is 5.51. The molecule has 0 spiro atoms. The number of benzene rings is 1. The average Bonchev–Trinajstić information content (AvgIpc) is 2.69. The first-order chi connectivity index (χ1) is 13.0. The van der Waals surface area contributed by atoms with Crippen molar-refractivity contribution in [2.24, 2.45) is 5.92 Å². The standard InChI is InChI=1S/C21H32N4O2/c1-18(2)21(27)25-14-10-23(11-15-25)17-20(26)24-12-8-22(9-13-24)16-19-6-4-3-5-7-19/h3-7,18H,8-17H2,1-2H3. The van der Waals surface area contributed by atoms with Crippen LogP contribution < -0.4 is 0 Å². The van der Waals surface area contributed by atoms with Crippen molar-refractivity contribution in [3.63, 3.8) is 0 Å². The lowest BCUT2D eigenvalue weighted by atomic mass is 10.1. The van der Waals surface area contributed by atoms with E-state index in [1.165, 1.54) is 5.56 Å². The number of rotatable bonds is 5. The first-order valence-electron chi connectivity index (χ1n) is 10.1. The van der Waals surface area contributed by atoms with E-state index >= 15 is 0 Å². The van der Waals surface area contributed by atoms with Gasteiger partial charge in [-0.2, -0.15) is 0 Å². The molecular formula is C21H32N4O2. The summed E-state index contributed by atoms with van der Waals surface area (Å²) < 4.78 is 0. The summed E-state index contributed by atoms with van der Waals surface area (Å²) in [6.45, 7) is 11.8. The van der Waals surface area contributed by atoms with E-state index in [2.05, 4.69) is 34.1 Å². The van der Waals surface area contributed by atoms with Crippen LogP contribution in [0.5, 0.6) is 0 Å². The third kappa shape index (κ3) is 5.53. The van der Waals surface area contributed by atoms with E-state index in [1.807, 2.05) is 29.7 Å². The molecule has 148 valence electrons.